The van der Waals surface area contributed by atoms with Gasteiger partial charge in [0.25, 0.3) is 0 Å². The third-order valence-corrected chi connectivity index (χ3v) is 4.86. The van der Waals surface area contributed by atoms with Gasteiger partial charge in [-0.05, 0) is 30.6 Å². The predicted octanol–water partition coefficient (Wildman–Crippen LogP) is 3.80. The minimum absolute atomic E-state index is 0.0787. The van der Waals surface area contributed by atoms with Gasteiger partial charge in [-0.3, -0.25) is 4.79 Å². The van der Waals surface area contributed by atoms with Crippen LogP contribution in [0.15, 0.2) is 23.6 Å². The second kappa shape index (κ2) is 7.57. The van der Waals surface area contributed by atoms with Crippen molar-refractivity contribution in [2.45, 2.75) is 13.0 Å². The number of thiophene rings is 2. The smallest absolute Gasteiger partial charge is 0.226 e. The quantitative estimate of drug-likeness (QED) is 0.871. The molecule has 0 saturated heterocycles. The van der Waals surface area contributed by atoms with Crippen molar-refractivity contribution in [3.8, 4) is 6.07 Å². The molecule has 0 fully saturated rings. The normalized spacial score (nSPS) is 10.6. The van der Waals surface area contributed by atoms with Crippen LogP contribution in [-0.2, 0) is 11.3 Å². The minimum atomic E-state index is -0.0787. The van der Waals surface area contributed by atoms with Crippen LogP contribution < -0.4 is 5.32 Å². The van der Waals surface area contributed by atoms with E-state index in [1.54, 1.807) is 22.8 Å². The molecule has 7 heteroatoms. The summed E-state index contributed by atoms with van der Waals surface area (Å²) in [5.41, 5.74) is 0.509. The molecule has 2 heterocycles. The maximum Gasteiger partial charge on any atom is 0.226 e. The molecule has 21 heavy (non-hydrogen) atoms. The van der Waals surface area contributed by atoms with Crippen LogP contribution >= 0.6 is 34.3 Å². The molecule has 2 aromatic rings. The summed E-state index contributed by atoms with van der Waals surface area (Å²) in [5, 5.41) is 14.1. The maximum atomic E-state index is 11.9. The van der Waals surface area contributed by atoms with E-state index in [0.29, 0.717) is 23.5 Å². The van der Waals surface area contributed by atoms with Crippen molar-refractivity contribution >= 4 is 45.2 Å². The van der Waals surface area contributed by atoms with Crippen LogP contribution in [0.2, 0.25) is 4.34 Å². The van der Waals surface area contributed by atoms with Gasteiger partial charge in [-0.1, -0.05) is 11.6 Å². The van der Waals surface area contributed by atoms with E-state index in [-0.39, 0.29) is 5.91 Å². The maximum absolute atomic E-state index is 11.9. The number of nitrogens with one attached hydrogen (secondary N) is 1. The highest BCUT2D eigenvalue weighted by Crippen LogP contribution is 2.23. The Morgan fingerprint density at radius 2 is 2.29 bits per heavy atom. The zero-order valence-corrected chi connectivity index (χ0v) is 13.8. The Morgan fingerprint density at radius 1 is 1.48 bits per heavy atom. The summed E-state index contributed by atoms with van der Waals surface area (Å²) < 4.78 is 0.776. The topological polar surface area (TPSA) is 56.1 Å². The first kappa shape index (κ1) is 16.0. The van der Waals surface area contributed by atoms with E-state index in [1.165, 1.54) is 16.2 Å². The largest absolute Gasteiger partial charge is 0.317 e. The average molecular weight is 340 g/mol. The van der Waals surface area contributed by atoms with Crippen molar-refractivity contribution in [3.63, 3.8) is 0 Å². The third-order valence-electron chi connectivity index (χ3n) is 2.81. The molecule has 0 aromatic carbocycles. The number of nitriles is 1. The van der Waals surface area contributed by atoms with Gasteiger partial charge in [-0.15, -0.1) is 22.7 Å². The van der Waals surface area contributed by atoms with Crippen LogP contribution in [0.5, 0.6) is 0 Å². The lowest BCUT2D eigenvalue weighted by atomic mass is 10.3. The fraction of sp³-hybridized carbons (Fsp3) is 0.286. The Balaban J connectivity index is 1.77. The zero-order valence-electron chi connectivity index (χ0n) is 11.4. The molecule has 1 N–H and O–H groups in total. The number of hydrogen-bond donors (Lipinski definition) is 1. The highest BCUT2D eigenvalue weighted by molar-refractivity contribution is 7.16. The summed E-state index contributed by atoms with van der Waals surface area (Å²) in [5.74, 6) is -0.0787. The van der Waals surface area contributed by atoms with Crippen LogP contribution in [0.25, 0.3) is 0 Å². The Morgan fingerprint density at radius 3 is 2.95 bits per heavy atom. The summed E-state index contributed by atoms with van der Waals surface area (Å²) in [6.45, 7) is 1.42. The molecule has 0 saturated carbocycles. The molecule has 4 nitrogen and oxygen atoms in total. The van der Waals surface area contributed by atoms with Gasteiger partial charge in [-0.2, -0.15) is 5.26 Å². The summed E-state index contributed by atoms with van der Waals surface area (Å²) >= 11 is 8.80. The molecule has 0 radical (unpaired) electrons. The van der Waals surface area contributed by atoms with E-state index < -0.39 is 0 Å². The molecule has 0 aliphatic carbocycles. The molecule has 0 atom stereocenters. The summed E-state index contributed by atoms with van der Waals surface area (Å²) in [4.78, 5) is 15.1. The molecule has 110 valence electrons. The molecule has 0 spiro atoms. The Kier molecular flexibility index (Phi) is 5.76. The van der Waals surface area contributed by atoms with Crippen LogP contribution in [0, 0.1) is 11.3 Å². The summed E-state index contributed by atoms with van der Waals surface area (Å²) in [6.07, 6.45) is 0.387. The number of carbonyl (C=O) groups is 1. The second-order valence-electron chi connectivity index (χ2n) is 4.52. The highest BCUT2D eigenvalue weighted by Gasteiger charge is 2.10. The van der Waals surface area contributed by atoms with E-state index in [1.807, 2.05) is 19.2 Å². The van der Waals surface area contributed by atoms with E-state index in [2.05, 4.69) is 16.3 Å². The van der Waals surface area contributed by atoms with Crippen LogP contribution in [0.4, 0.5) is 5.00 Å². The number of amides is 1. The lowest BCUT2D eigenvalue weighted by Crippen LogP contribution is -2.23. The number of nitrogens with zero attached hydrogens (tertiary/aromatic N) is 2. The number of hydrogen-bond acceptors (Lipinski definition) is 5. The van der Waals surface area contributed by atoms with Gasteiger partial charge >= 0.3 is 0 Å². The van der Waals surface area contributed by atoms with E-state index in [0.717, 1.165) is 10.9 Å². The van der Waals surface area contributed by atoms with Crippen molar-refractivity contribution in [2.75, 3.05) is 18.9 Å². The van der Waals surface area contributed by atoms with Crippen molar-refractivity contribution < 1.29 is 4.79 Å². The van der Waals surface area contributed by atoms with Gasteiger partial charge in [0.1, 0.15) is 11.1 Å². The molecule has 0 bridgehead atoms. The van der Waals surface area contributed by atoms with Gasteiger partial charge < -0.3 is 10.2 Å². The van der Waals surface area contributed by atoms with Gasteiger partial charge in [0.15, 0.2) is 0 Å². The van der Waals surface area contributed by atoms with Gasteiger partial charge in [0.05, 0.1) is 9.90 Å². The molecule has 2 aromatic heterocycles. The van der Waals surface area contributed by atoms with Crippen molar-refractivity contribution in [1.82, 2.24) is 4.90 Å². The molecule has 0 unspecified atom stereocenters. The Labute approximate surface area is 136 Å². The van der Waals surface area contributed by atoms with Crippen molar-refractivity contribution in [3.05, 3.63) is 38.4 Å². The van der Waals surface area contributed by atoms with E-state index in [4.69, 9.17) is 16.9 Å². The fourth-order valence-electron chi connectivity index (χ4n) is 1.76. The molecule has 0 aliphatic heterocycles. The monoisotopic (exact) mass is 339 g/mol. The Hall–Kier alpha value is -1.39. The summed E-state index contributed by atoms with van der Waals surface area (Å²) in [7, 11) is 1.97. The van der Waals surface area contributed by atoms with Crippen LogP contribution in [-0.4, -0.2) is 24.4 Å². The molecule has 1 amide bonds. The van der Waals surface area contributed by atoms with E-state index >= 15 is 0 Å². The van der Waals surface area contributed by atoms with Crippen molar-refractivity contribution in [2.24, 2.45) is 0 Å². The fourth-order valence-corrected chi connectivity index (χ4v) is 3.68. The lowest BCUT2D eigenvalue weighted by Gasteiger charge is -2.15. The Bertz CT molecular complexity index is 659. The first-order valence-corrected chi connectivity index (χ1v) is 8.36. The predicted molar refractivity (Wildman–Crippen MR) is 87.9 cm³/mol. The number of carbonyl (C=O) groups excluding carboxylic acids is 1. The molecule has 0 aliphatic rings. The second-order valence-corrected chi connectivity index (χ2v) is 7.23. The van der Waals surface area contributed by atoms with Gasteiger partial charge in [0, 0.05) is 24.4 Å². The average Bonchev–Trinajstić information content (AvgIpc) is 3.05. The molecular weight excluding hydrogens is 326 g/mol. The van der Waals surface area contributed by atoms with Crippen molar-refractivity contribution in [1.29, 1.82) is 5.26 Å². The molecular formula is C14H14ClN3OS2. The van der Waals surface area contributed by atoms with E-state index in [9.17, 15) is 4.79 Å². The number of rotatable bonds is 6. The van der Waals surface area contributed by atoms with Gasteiger partial charge in [0.2, 0.25) is 5.91 Å². The standard InChI is InChI=1S/C14H14ClN3OS2/c1-18(9-11-2-3-12(15)21-11)6-4-13(19)17-14-10(8-16)5-7-20-14/h2-3,5,7H,4,6,9H2,1H3,(H,17,19). The van der Waals surface area contributed by atoms with Gasteiger partial charge in [-0.25, -0.2) is 0 Å². The highest BCUT2D eigenvalue weighted by atomic mass is 35.5. The van der Waals surface area contributed by atoms with Crippen LogP contribution in [0.3, 0.4) is 0 Å². The number of anilines is 1. The van der Waals surface area contributed by atoms with Crippen LogP contribution in [0.1, 0.15) is 16.9 Å². The minimum Gasteiger partial charge on any atom is -0.317 e. The third kappa shape index (κ3) is 4.83. The number of halogens is 1. The first-order chi connectivity index (χ1) is 10.1. The summed E-state index contributed by atoms with van der Waals surface area (Å²) in [6, 6.07) is 7.63. The first-order valence-electron chi connectivity index (χ1n) is 6.28. The zero-order chi connectivity index (χ0) is 15.2. The SMILES string of the molecule is CN(CCC(=O)Nc1sccc1C#N)Cc1ccc(Cl)s1. The lowest BCUT2D eigenvalue weighted by molar-refractivity contribution is -0.116. The molecule has 2 rings (SSSR count).